The molecule has 0 unspecified atom stereocenters. The second-order valence-electron chi connectivity index (χ2n) is 2.32. The van der Waals surface area contributed by atoms with Gasteiger partial charge in [0.2, 0.25) is 11.5 Å². The van der Waals surface area contributed by atoms with Gasteiger partial charge in [0.25, 0.3) is 0 Å². The van der Waals surface area contributed by atoms with Gasteiger partial charge in [-0.05, 0) is 0 Å². The largest absolute Gasteiger partial charge is 0.475 e. The standard InChI is InChI=1S/C8H6O6/c1-13-8(12)6-3-4(9)2-5(14-6)7(10)11/h2-3H,1H3,(H,10,11). The van der Waals surface area contributed by atoms with Crippen LogP contribution in [0, 0.1) is 0 Å². The summed E-state index contributed by atoms with van der Waals surface area (Å²) < 4.78 is 8.86. The van der Waals surface area contributed by atoms with E-state index in [2.05, 4.69) is 9.15 Å². The summed E-state index contributed by atoms with van der Waals surface area (Å²) in [4.78, 5) is 32.2. The third-order valence-corrected chi connectivity index (χ3v) is 1.36. The maximum Gasteiger partial charge on any atom is 0.374 e. The number of methoxy groups -OCH3 is 1. The number of hydrogen-bond donors (Lipinski definition) is 1. The summed E-state index contributed by atoms with van der Waals surface area (Å²) in [7, 11) is 1.09. The van der Waals surface area contributed by atoms with E-state index in [4.69, 9.17) is 5.11 Å². The highest BCUT2D eigenvalue weighted by atomic mass is 16.5. The SMILES string of the molecule is COC(=O)c1cc(=O)cc(C(=O)O)o1. The van der Waals surface area contributed by atoms with Gasteiger partial charge in [-0.15, -0.1) is 0 Å². The number of ether oxygens (including phenoxy) is 1. The first-order chi connectivity index (χ1) is 6.54. The van der Waals surface area contributed by atoms with E-state index in [1.54, 1.807) is 0 Å². The number of esters is 1. The van der Waals surface area contributed by atoms with Crippen LogP contribution in [0.25, 0.3) is 0 Å². The molecule has 0 amide bonds. The van der Waals surface area contributed by atoms with Crippen LogP contribution in [0.2, 0.25) is 0 Å². The maximum atomic E-state index is 10.9. The minimum atomic E-state index is -1.42. The fourth-order valence-corrected chi connectivity index (χ4v) is 0.784. The number of carbonyl (C=O) groups excluding carboxylic acids is 1. The predicted molar refractivity (Wildman–Crippen MR) is 43.3 cm³/mol. The molecule has 0 bridgehead atoms. The van der Waals surface area contributed by atoms with Crippen LogP contribution in [-0.4, -0.2) is 24.2 Å². The maximum absolute atomic E-state index is 10.9. The minimum absolute atomic E-state index is 0.433. The van der Waals surface area contributed by atoms with Crippen molar-refractivity contribution in [3.63, 3.8) is 0 Å². The zero-order valence-electron chi connectivity index (χ0n) is 7.14. The Morgan fingerprint density at radius 3 is 2.43 bits per heavy atom. The van der Waals surface area contributed by atoms with Crippen molar-refractivity contribution in [2.45, 2.75) is 0 Å². The summed E-state index contributed by atoms with van der Waals surface area (Å²) in [6, 6.07) is 1.63. The van der Waals surface area contributed by atoms with Gasteiger partial charge < -0.3 is 14.3 Å². The highest BCUT2D eigenvalue weighted by molar-refractivity contribution is 5.88. The summed E-state index contributed by atoms with van der Waals surface area (Å²) in [6.07, 6.45) is 0. The Labute approximate surface area is 77.7 Å². The van der Waals surface area contributed by atoms with Crippen molar-refractivity contribution in [2.75, 3.05) is 7.11 Å². The molecule has 0 spiro atoms. The average Bonchev–Trinajstić information content (AvgIpc) is 2.15. The van der Waals surface area contributed by atoms with Crippen LogP contribution in [-0.2, 0) is 4.74 Å². The molecule has 74 valence electrons. The molecule has 1 aromatic heterocycles. The van der Waals surface area contributed by atoms with E-state index in [1.165, 1.54) is 0 Å². The highest BCUT2D eigenvalue weighted by Gasteiger charge is 2.14. The summed E-state index contributed by atoms with van der Waals surface area (Å²) in [5.41, 5.74) is -0.631. The van der Waals surface area contributed by atoms with Crippen molar-refractivity contribution >= 4 is 11.9 Å². The zero-order chi connectivity index (χ0) is 10.7. The molecule has 0 aliphatic carbocycles. The second-order valence-corrected chi connectivity index (χ2v) is 2.32. The first kappa shape index (κ1) is 9.97. The molecule has 0 saturated heterocycles. The Kier molecular flexibility index (Phi) is 2.66. The zero-order valence-corrected chi connectivity index (χ0v) is 7.14. The molecule has 1 heterocycles. The molecule has 14 heavy (non-hydrogen) atoms. The molecule has 0 aliphatic heterocycles. The van der Waals surface area contributed by atoms with Gasteiger partial charge in [-0.2, -0.15) is 0 Å². The third-order valence-electron chi connectivity index (χ3n) is 1.36. The molecular weight excluding hydrogens is 192 g/mol. The van der Waals surface area contributed by atoms with Crippen molar-refractivity contribution < 1.29 is 23.8 Å². The lowest BCUT2D eigenvalue weighted by atomic mass is 10.3. The summed E-state index contributed by atoms with van der Waals surface area (Å²) in [5, 5.41) is 8.50. The molecule has 0 aromatic carbocycles. The summed E-state index contributed by atoms with van der Waals surface area (Å²) >= 11 is 0. The summed E-state index contributed by atoms with van der Waals surface area (Å²) in [6.45, 7) is 0. The highest BCUT2D eigenvalue weighted by Crippen LogP contribution is 2.02. The van der Waals surface area contributed by atoms with Crippen LogP contribution < -0.4 is 5.43 Å². The number of rotatable bonds is 2. The topological polar surface area (TPSA) is 93.8 Å². The second kappa shape index (κ2) is 3.73. The normalized spacial score (nSPS) is 9.50. The van der Waals surface area contributed by atoms with E-state index in [0.717, 1.165) is 19.2 Å². The monoisotopic (exact) mass is 198 g/mol. The smallest absolute Gasteiger partial charge is 0.374 e. The number of carboxylic acids is 1. The van der Waals surface area contributed by atoms with E-state index in [1.807, 2.05) is 0 Å². The third kappa shape index (κ3) is 1.98. The fraction of sp³-hybridized carbons (Fsp3) is 0.125. The van der Waals surface area contributed by atoms with Crippen molar-refractivity contribution in [1.82, 2.24) is 0 Å². The van der Waals surface area contributed by atoms with Crippen molar-refractivity contribution in [3.8, 4) is 0 Å². The van der Waals surface area contributed by atoms with Gasteiger partial charge in [-0.1, -0.05) is 0 Å². The molecule has 0 aliphatic rings. The molecule has 1 N–H and O–H groups in total. The summed E-state index contributed by atoms with van der Waals surface area (Å²) in [5.74, 6) is -3.35. The molecule has 1 aromatic rings. The molecule has 0 radical (unpaired) electrons. The van der Waals surface area contributed by atoms with E-state index in [-0.39, 0.29) is 0 Å². The fourth-order valence-electron chi connectivity index (χ4n) is 0.784. The Morgan fingerprint density at radius 1 is 1.36 bits per heavy atom. The van der Waals surface area contributed by atoms with E-state index in [9.17, 15) is 14.4 Å². The van der Waals surface area contributed by atoms with Crippen LogP contribution in [0.5, 0.6) is 0 Å². The minimum Gasteiger partial charge on any atom is -0.475 e. The Bertz CT molecular complexity index is 430. The number of carbonyl (C=O) groups is 2. The number of carboxylic acid groups (broad SMARTS) is 1. The van der Waals surface area contributed by atoms with Crippen LogP contribution in [0.15, 0.2) is 21.3 Å². The molecule has 1 rings (SSSR count). The molecule has 0 saturated carbocycles. The van der Waals surface area contributed by atoms with Gasteiger partial charge in [0, 0.05) is 12.1 Å². The van der Waals surface area contributed by atoms with Crippen LogP contribution in [0.3, 0.4) is 0 Å². The lowest BCUT2D eigenvalue weighted by Gasteiger charge is -1.98. The van der Waals surface area contributed by atoms with Gasteiger partial charge in [0.15, 0.2) is 5.43 Å². The van der Waals surface area contributed by atoms with Gasteiger partial charge >= 0.3 is 11.9 Å². The van der Waals surface area contributed by atoms with Crippen LogP contribution in [0.1, 0.15) is 21.1 Å². The molecule has 0 atom stereocenters. The van der Waals surface area contributed by atoms with Gasteiger partial charge in [0.05, 0.1) is 7.11 Å². The van der Waals surface area contributed by atoms with Gasteiger partial charge in [-0.3, -0.25) is 4.79 Å². The van der Waals surface area contributed by atoms with Crippen LogP contribution in [0.4, 0.5) is 0 Å². The first-order valence-electron chi connectivity index (χ1n) is 3.51. The van der Waals surface area contributed by atoms with Crippen molar-refractivity contribution in [1.29, 1.82) is 0 Å². The van der Waals surface area contributed by atoms with Crippen LogP contribution >= 0.6 is 0 Å². The first-order valence-corrected chi connectivity index (χ1v) is 3.51. The lowest BCUT2D eigenvalue weighted by molar-refractivity contribution is 0.0549. The Balaban J connectivity index is 3.27. The van der Waals surface area contributed by atoms with E-state index < -0.39 is 28.9 Å². The molecule has 6 nitrogen and oxygen atoms in total. The van der Waals surface area contributed by atoms with E-state index in [0.29, 0.717) is 0 Å². The Morgan fingerprint density at radius 2 is 1.93 bits per heavy atom. The number of hydrogen-bond acceptors (Lipinski definition) is 5. The molecule has 0 fully saturated rings. The van der Waals surface area contributed by atoms with Crippen molar-refractivity contribution in [2.24, 2.45) is 0 Å². The predicted octanol–water partition coefficient (Wildman–Crippen LogP) is 0.125. The molecule has 6 heteroatoms. The number of aromatic carboxylic acids is 1. The Hall–Kier alpha value is -2.11. The lowest BCUT2D eigenvalue weighted by Crippen LogP contribution is -2.11. The van der Waals surface area contributed by atoms with Crippen molar-refractivity contribution in [3.05, 3.63) is 33.9 Å². The van der Waals surface area contributed by atoms with Gasteiger partial charge in [0.1, 0.15) is 0 Å². The van der Waals surface area contributed by atoms with Gasteiger partial charge in [-0.25, -0.2) is 9.59 Å². The quantitative estimate of drug-likeness (QED) is 0.678. The average molecular weight is 198 g/mol. The molecular formula is C8H6O6. The van der Waals surface area contributed by atoms with E-state index >= 15 is 0 Å².